The number of aromatic nitrogens is 2. The summed E-state index contributed by atoms with van der Waals surface area (Å²) >= 11 is 1.88. The van der Waals surface area contributed by atoms with Crippen molar-refractivity contribution in [2.24, 2.45) is 0 Å². The smallest absolute Gasteiger partial charge is 0.168 e. The molecule has 2 aliphatic rings. The summed E-state index contributed by atoms with van der Waals surface area (Å²) in [6.07, 6.45) is 4.85. The molecule has 0 spiro atoms. The van der Waals surface area contributed by atoms with E-state index in [1.807, 2.05) is 11.8 Å². The van der Waals surface area contributed by atoms with Gasteiger partial charge in [0.05, 0.1) is 5.69 Å². The summed E-state index contributed by atoms with van der Waals surface area (Å²) in [5.74, 6) is 1.85. The Labute approximate surface area is 88.3 Å². The highest BCUT2D eigenvalue weighted by atomic mass is 32.2. The topological polar surface area (TPSA) is 29.9 Å². The number of thioether (sulfide) groups is 1. The molecule has 76 valence electrons. The first kappa shape index (κ1) is 8.80. The summed E-state index contributed by atoms with van der Waals surface area (Å²) in [5.41, 5.74) is 1.31. The molecular weight excluding hydrogens is 194 g/mol. The van der Waals surface area contributed by atoms with Gasteiger partial charge in [0, 0.05) is 31.0 Å². The summed E-state index contributed by atoms with van der Waals surface area (Å²) in [6.45, 7) is 3.44. The number of rotatable bonds is 1. The molecule has 0 aromatic carbocycles. The predicted octanol–water partition coefficient (Wildman–Crippen LogP) is 1.46. The molecule has 1 atom stereocenters. The highest BCUT2D eigenvalue weighted by Gasteiger charge is 2.21. The van der Waals surface area contributed by atoms with E-state index in [0.717, 1.165) is 13.1 Å². The van der Waals surface area contributed by atoms with Gasteiger partial charge in [-0.05, 0) is 19.4 Å². The van der Waals surface area contributed by atoms with Gasteiger partial charge in [-0.2, -0.15) is 0 Å². The minimum Gasteiger partial charge on any atom is -0.325 e. The van der Waals surface area contributed by atoms with E-state index in [-0.39, 0.29) is 0 Å². The van der Waals surface area contributed by atoms with Crippen LogP contribution in [0, 0.1) is 0 Å². The maximum absolute atomic E-state index is 4.70. The second kappa shape index (κ2) is 3.59. The Hall–Kier alpha value is -0.480. The summed E-state index contributed by atoms with van der Waals surface area (Å²) in [5, 5.41) is 4.67. The Balaban J connectivity index is 1.82. The van der Waals surface area contributed by atoms with E-state index in [4.69, 9.17) is 4.98 Å². The summed E-state index contributed by atoms with van der Waals surface area (Å²) in [7, 11) is 0. The van der Waals surface area contributed by atoms with E-state index in [0.29, 0.717) is 5.92 Å². The Morgan fingerprint density at radius 2 is 2.57 bits per heavy atom. The zero-order valence-corrected chi connectivity index (χ0v) is 9.02. The van der Waals surface area contributed by atoms with Gasteiger partial charge in [-0.25, -0.2) is 4.98 Å². The van der Waals surface area contributed by atoms with Crippen LogP contribution in [-0.2, 0) is 6.54 Å². The van der Waals surface area contributed by atoms with Gasteiger partial charge in [-0.3, -0.25) is 0 Å². The van der Waals surface area contributed by atoms with Crippen LogP contribution in [0.3, 0.4) is 0 Å². The van der Waals surface area contributed by atoms with Crippen LogP contribution in [0.4, 0.5) is 0 Å². The third-order valence-corrected chi connectivity index (χ3v) is 4.01. The van der Waals surface area contributed by atoms with Gasteiger partial charge in [-0.1, -0.05) is 11.8 Å². The predicted molar refractivity (Wildman–Crippen MR) is 57.8 cm³/mol. The highest BCUT2D eigenvalue weighted by molar-refractivity contribution is 7.99. The molecule has 3 nitrogen and oxygen atoms in total. The zero-order valence-electron chi connectivity index (χ0n) is 8.20. The highest BCUT2D eigenvalue weighted by Crippen LogP contribution is 2.29. The van der Waals surface area contributed by atoms with E-state index in [2.05, 4.69) is 16.1 Å². The maximum atomic E-state index is 4.70. The lowest BCUT2D eigenvalue weighted by Crippen LogP contribution is -2.28. The number of hydrogen-bond donors (Lipinski definition) is 1. The number of imidazole rings is 1. The van der Waals surface area contributed by atoms with Gasteiger partial charge in [0.2, 0.25) is 0 Å². The van der Waals surface area contributed by atoms with Crippen LogP contribution < -0.4 is 5.32 Å². The molecular formula is C10H15N3S. The van der Waals surface area contributed by atoms with Crippen LogP contribution in [0.25, 0.3) is 0 Å². The van der Waals surface area contributed by atoms with Crippen molar-refractivity contribution in [3.63, 3.8) is 0 Å². The molecule has 1 aromatic heterocycles. The van der Waals surface area contributed by atoms with Crippen molar-refractivity contribution in [1.82, 2.24) is 14.9 Å². The number of nitrogens with zero attached hydrogens (tertiary/aromatic N) is 2. The molecule has 1 fully saturated rings. The minimum atomic E-state index is 0.655. The van der Waals surface area contributed by atoms with E-state index >= 15 is 0 Å². The summed E-state index contributed by atoms with van der Waals surface area (Å²) < 4.78 is 2.30. The minimum absolute atomic E-state index is 0.655. The third-order valence-electron chi connectivity index (χ3n) is 3.04. The van der Waals surface area contributed by atoms with Gasteiger partial charge in [-0.15, -0.1) is 0 Å². The number of hydrogen-bond acceptors (Lipinski definition) is 3. The molecule has 0 aliphatic carbocycles. The number of piperidine rings is 1. The Morgan fingerprint density at radius 3 is 3.36 bits per heavy atom. The van der Waals surface area contributed by atoms with Gasteiger partial charge in [0.15, 0.2) is 5.16 Å². The number of aryl methyl sites for hydroxylation is 1. The summed E-state index contributed by atoms with van der Waals surface area (Å²) in [6, 6.07) is 0. The van der Waals surface area contributed by atoms with Crippen LogP contribution in [0.5, 0.6) is 0 Å². The Bertz CT molecular complexity index is 307. The van der Waals surface area contributed by atoms with Crippen molar-refractivity contribution in [3.05, 3.63) is 11.9 Å². The van der Waals surface area contributed by atoms with Crippen molar-refractivity contribution in [2.45, 2.75) is 30.5 Å². The molecule has 2 aliphatic heterocycles. The SMILES string of the molecule is c1c(C2CCCNC2)nc2n1CCS2. The molecule has 14 heavy (non-hydrogen) atoms. The average molecular weight is 209 g/mol. The van der Waals surface area contributed by atoms with E-state index in [1.54, 1.807) is 0 Å². The molecule has 0 bridgehead atoms. The van der Waals surface area contributed by atoms with Crippen molar-refractivity contribution in [2.75, 3.05) is 18.8 Å². The second-order valence-electron chi connectivity index (χ2n) is 4.03. The fourth-order valence-electron chi connectivity index (χ4n) is 2.23. The third kappa shape index (κ3) is 1.46. The van der Waals surface area contributed by atoms with Crippen LogP contribution in [0.1, 0.15) is 24.5 Å². The summed E-state index contributed by atoms with van der Waals surface area (Å²) in [4.78, 5) is 4.70. The molecule has 3 heterocycles. The van der Waals surface area contributed by atoms with Crippen molar-refractivity contribution in [3.8, 4) is 0 Å². The zero-order chi connectivity index (χ0) is 9.38. The van der Waals surface area contributed by atoms with Crippen LogP contribution >= 0.6 is 11.8 Å². The van der Waals surface area contributed by atoms with Gasteiger partial charge < -0.3 is 9.88 Å². The fourth-order valence-corrected chi connectivity index (χ4v) is 3.18. The molecule has 1 unspecified atom stereocenters. The molecule has 0 radical (unpaired) electrons. The quantitative estimate of drug-likeness (QED) is 0.759. The lowest BCUT2D eigenvalue weighted by Gasteiger charge is -2.20. The maximum Gasteiger partial charge on any atom is 0.168 e. The molecule has 4 heteroatoms. The van der Waals surface area contributed by atoms with Crippen molar-refractivity contribution < 1.29 is 0 Å². The van der Waals surface area contributed by atoms with Crippen LogP contribution in [0.15, 0.2) is 11.4 Å². The molecule has 1 aromatic rings. The molecule has 3 rings (SSSR count). The first-order valence-electron chi connectivity index (χ1n) is 5.34. The fraction of sp³-hybridized carbons (Fsp3) is 0.700. The first-order valence-corrected chi connectivity index (χ1v) is 6.32. The lowest BCUT2D eigenvalue weighted by atomic mass is 9.97. The average Bonchev–Trinajstić information content (AvgIpc) is 2.78. The Kier molecular flexibility index (Phi) is 2.25. The van der Waals surface area contributed by atoms with E-state index < -0.39 is 0 Å². The van der Waals surface area contributed by atoms with E-state index in [9.17, 15) is 0 Å². The standard InChI is InChI=1S/C10H15N3S/c1-2-8(6-11-3-1)9-7-13-4-5-14-10(13)12-9/h7-8,11H,1-6H2. The van der Waals surface area contributed by atoms with Gasteiger partial charge >= 0.3 is 0 Å². The van der Waals surface area contributed by atoms with Crippen LogP contribution in [0.2, 0.25) is 0 Å². The monoisotopic (exact) mass is 209 g/mol. The van der Waals surface area contributed by atoms with E-state index in [1.165, 1.54) is 36.0 Å². The molecule has 1 N–H and O–H groups in total. The Morgan fingerprint density at radius 1 is 1.57 bits per heavy atom. The molecule has 0 amide bonds. The largest absolute Gasteiger partial charge is 0.325 e. The molecule has 1 saturated heterocycles. The second-order valence-corrected chi connectivity index (χ2v) is 5.10. The van der Waals surface area contributed by atoms with Crippen molar-refractivity contribution >= 4 is 11.8 Å². The normalized spacial score (nSPS) is 26.4. The lowest BCUT2D eigenvalue weighted by molar-refractivity contribution is 0.455. The number of nitrogens with one attached hydrogen (secondary N) is 1. The van der Waals surface area contributed by atoms with Gasteiger partial charge in [0.1, 0.15) is 0 Å². The number of fused-ring (bicyclic) bond motifs is 1. The first-order chi connectivity index (χ1) is 6.93. The molecule has 0 saturated carbocycles. The van der Waals surface area contributed by atoms with Gasteiger partial charge in [0.25, 0.3) is 0 Å². The van der Waals surface area contributed by atoms with Crippen molar-refractivity contribution in [1.29, 1.82) is 0 Å². The van der Waals surface area contributed by atoms with Crippen LogP contribution in [-0.4, -0.2) is 28.4 Å².